The Balaban J connectivity index is 2.21. The number of likely N-dealkylation sites (tertiary alicyclic amines) is 1. The summed E-state index contributed by atoms with van der Waals surface area (Å²) in [7, 11) is -3.03. The molecule has 1 N–H and O–H groups in total. The Labute approximate surface area is 99.5 Å². The zero-order valence-corrected chi connectivity index (χ0v) is 11.2. The highest BCUT2D eigenvalue weighted by Crippen LogP contribution is 2.09. The number of nitrogens with zero attached hydrogens (tertiary/aromatic N) is 1. The lowest BCUT2D eigenvalue weighted by Crippen LogP contribution is -2.35. The average Bonchev–Trinajstić information content (AvgIpc) is 2.68. The van der Waals surface area contributed by atoms with Crippen molar-refractivity contribution in [1.29, 1.82) is 0 Å². The molecule has 1 fully saturated rings. The Kier molecular flexibility index (Phi) is 5.72. The van der Waals surface area contributed by atoms with Crippen LogP contribution in [0, 0.1) is 5.92 Å². The molecule has 0 bridgehead atoms. The fourth-order valence-corrected chi connectivity index (χ4v) is 3.30. The zero-order chi connectivity index (χ0) is 12.0. The molecule has 96 valence electrons. The van der Waals surface area contributed by atoms with Crippen molar-refractivity contribution in [2.45, 2.75) is 33.1 Å². The monoisotopic (exact) mass is 248 g/mol. The SMILES string of the molecule is CCCS(=O)(=O)NCC(C)CN1CCCC1. The van der Waals surface area contributed by atoms with Gasteiger partial charge >= 0.3 is 0 Å². The number of sulfonamides is 1. The lowest BCUT2D eigenvalue weighted by Gasteiger charge is -2.20. The second-order valence-corrected chi connectivity index (χ2v) is 6.71. The molecule has 0 saturated carbocycles. The van der Waals surface area contributed by atoms with Crippen molar-refractivity contribution in [3.05, 3.63) is 0 Å². The first-order chi connectivity index (χ1) is 7.53. The fourth-order valence-electron chi connectivity index (χ4n) is 2.08. The van der Waals surface area contributed by atoms with Crippen LogP contribution in [0.3, 0.4) is 0 Å². The van der Waals surface area contributed by atoms with Gasteiger partial charge in [-0.2, -0.15) is 0 Å². The highest BCUT2D eigenvalue weighted by Gasteiger charge is 2.16. The van der Waals surface area contributed by atoms with Crippen molar-refractivity contribution in [2.24, 2.45) is 5.92 Å². The molecule has 0 radical (unpaired) electrons. The van der Waals surface area contributed by atoms with E-state index < -0.39 is 10.0 Å². The van der Waals surface area contributed by atoms with Gasteiger partial charge in [-0.3, -0.25) is 0 Å². The van der Waals surface area contributed by atoms with Gasteiger partial charge in [0.1, 0.15) is 0 Å². The molecule has 0 aromatic rings. The molecule has 1 aliphatic heterocycles. The summed E-state index contributed by atoms with van der Waals surface area (Å²) in [6.07, 6.45) is 3.25. The molecular formula is C11H24N2O2S. The Hall–Kier alpha value is -0.130. The topological polar surface area (TPSA) is 49.4 Å². The third-order valence-corrected chi connectivity index (χ3v) is 4.45. The van der Waals surface area contributed by atoms with Crippen LogP contribution in [0.5, 0.6) is 0 Å². The minimum Gasteiger partial charge on any atom is -0.303 e. The van der Waals surface area contributed by atoms with E-state index in [1.165, 1.54) is 25.9 Å². The molecule has 0 spiro atoms. The summed E-state index contributed by atoms with van der Waals surface area (Å²) >= 11 is 0. The van der Waals surface area contributed by atoms with Crippen molar-refractivity contribution >= 4 is 10.0 Å². The van der Waals surface area contributed by atoms with Crippen molar-refractivity contribution in [1.82, 2.24) is 9.62 Å². The number of hydrogen-bond donors (Lipinski definition) is 1. The largest absolute Gasteiger partial charge is 0.303 e. The molecule has 4 nitrogen and oxygen atoms in total. The van der Waals surface area contributed by atoms with Gasteiger partial charge in [0, 0.05) is 13.1 Å². The number of hydrogen-bond acceptors (Lipinski definition) is 3. The molecule has 16 heavy (non-hydrogen) atoms. The van der Waals surface area contributed by atoms with E-state index in [1.54, 1.807) is 0 Å². The first kappa shape index (κ1) is 13.9. The summed E-state index contributed by atoms with van der Waals surface area (Å²) in [5, 5.41) is 0. The molecule has 0 aromatic carbocycles. The minimum atomic E-state index is -3.03. The summed E-state index contributed by atoms with van der Waals surface area (Å²) in [5.41, 5.74) is 0. The van der Waals surface area contributed by atoms with E-state index in [2.05, 4.69) is 16.5 Å². The van der Waals surface area contributed by atoms with E-state index in [0.717, 1.165) is 6.54 Å². The molecule has 1 heterocycles. The van der Waals surface area contributed by atoms with Crippen LogP contribution in [0.25, 0.3) is 0 Å². The van der Waals surface area contributed by atoms with Crippen LogP contribution in [0.2, 0.25) is 0 Å². The highest BCUT2D eigenvalue weighted by molar-refractivity contribution is 7.89. The summed E-state index contributed by atoms with van der Waals surface area (Å²) in [5.74, 6) is 0.633. The van der Waals surface area contributed by atoms with Crippen LogP contribution in [0.1, 0.15) is 33.1 Å². The summed E-state index contributed by atoms with van der Waals surface area (Å²) in [6.45, 7) is 7.91. The molecular weight excluding hydrogens is 224 g/mol. The van der Waals surface area contributed by atoms with Crippen molar-refractivity contribution in [3.8, 4) is 0 Å². The second-order valence-electron chi connectivity index (χ2n) is 4.78. The lowest BCUT2D eigenvalue weighted by atomic mass is 10.2. The van der Waals surface area contributed by atoms with Gasteiger partial charge in [0.15, 0.2) is 0 Å². The molecule has 1 unspecified atom stereocenters. The second kappa shape index (κ2) is 6.57. The van der Waals surface area contributed by atoms with E-state index in [0.29, 0.717) is 18.9 Å². The van der Waals surface area contributed by atoms with Gasteiger partial charge in [-0.1, -0.05) is 13.8 Å². The molecule has 0 aliphatic carbocycles. The first-order valence-corrected chi connectivity index (χ1v) is 7.88. The van der Waals surface area contributed by atoms with Crippen molar-refractivity contribution in [2.75, 3.05) is 31.9 Å². The van der Waals surface area contributed by atoms with Gasteiger partial charge in [-0.25, -0.2) is 13.1 Å². The molecule has 0 amide bonds. The van der Waals surface area contributed by atoms with Crippen molar-refractivity contribution in [3.63, 3.8) is 0 Å². The first-order valence-electron chi connectivity index (χ1n) is 6.23. The van der Waals surface area contributed by atoms with Gasteiger partial charge < -0.3 is 4.90 Å². The Bertz CT molecular complexity index is 284. The number of nitrogens with one attached hydrogen (secondary N) is 1. The molecule has 1 rings (SSSR count). The van der Waals surface area contributed by atoms with Gasteiger partial charge in [-0.05, 0) is 38.3 Å². The Morgan fingerprint density at radius 1 is 1.31 bits per heavy atom. The Morgan fingerprint density at radius 3 is 2.50 bits per heavy atom. The van der Waals surface area contributed by atoms with Crippen molar-refractivity contribution < 1.29 is 8.42 Å². The molecule has 1 saturated heterocycles. The van der Waals surface area contributed by atoms with E-state index in [4.69, 9.17) is 0 Å². The minimum absolute atomic E-state index is 0.240. The van der Waals surface area contributed by atoms with Gasteiger partial charge in [0.25, 0.3) is 0 Å². The molecule has 1 atom stereocenters. The average molecular weight is 248 g/mol. The normalized spacial score (nSPS) is 20.1. The smallest absolute Gasteiger partial charge is 0.211 e. The highest BCUT2D eigenvalue weighted by atomic mass is 32.2. The van der Waals surface area contributed by atoms with Crippen LogP contribution in [-0.2, 0) is 10.0 Å². The maximum Gasteiger partial charge on any atom is 0.211 e. The van der Waals surface area contributed by atoms with E-state index in [1.807, 2.05) is 6.92 Å². The van der Waals surface area contributed by atoms with Crippen LogP contribution in [0.4, 0.5) is 0 Å². The predicted molar refractivity (Wildman–Crippen MR) is 66.9 cm³/mol. The fraction of sp³-hybridized carbons (Fsp3) is 1.00. The van der Waals surface area contributed by atoms with E-state index in [9.17, 15) is 8.42 Å². The summed E-state index contributed by atoms with van der Waals surface area (Å²) in [6, 6.07) is 0. The third-order valence-electron chi connectivity index (χ3n) is 2.89. The maximum absolute atomic E-state index is 11.4. The van der Waals surface area contributed by atoms with Gasteiger partial charge in [-0.15, -0.1) is 0 Å². The van der Waals surface area contributed by atoms with Crippen LogP contribution in [0.15, 0.2) is 0 Å². The predicted octanol–water partition coefficient (Wildman–Crippen LogP) is 1.05. The van der Waals surface area contributed by atoms with E-state index in [-0.39, 0.29) is 5.75 Å². The molecule has 0 aromatic heterocycles. The zero-order valence-electron chi connectivity index (χ0n) is 10.4. The summed E-state index contributed by atoms with van der Waals surface area (Å²) < 4.78 is 25.6. The molecule has 5 heteroatoms. The van der Waals surface area contributed by atoms with Crippen LogP contribution in [-0.4, -0.2) is 45.2 Å². The molecule has 1 aliphatic rings. The lowest BCUT2D eigenvalue weighted by molar-refractivity contribution is 0.288. The number of rotatable bonds is 7. The maximum atomic E-state index is 11.4. The third kappa shape index (κ3) is 5.27. The Morgan fingerprint density at radius 2 is 1.94 bits per heavy atom. The van der Waals surface area contributed by atoms with E-state index >= 15 is 0 Å². The van der Waals surface area contributed by atoms with Crippen LogP contribution >= 0.6 is 0 Å². The van der Waals surface area contributed by atoms with Gasteiger partial charge in [0.05, 0.1) is 5.75 Å². The standard InChI is InChI=1S/C11H24N2O2S/c1-3-8-16(14,15)12-9-11(2)10-13-6-4-5-7-13/h11-12H,3-10H2,1-2H3. The van der Waals surface area contributed by atoms with Crippen LogP contribution < -0.4 is 4.72 Å². The quantitative estimate of drug-likeness (QED) is 0.732. The summed E-state index contributed by atoms with van der Waals surface area (Å²) in [4.78, 5) is 2.42. The van der Waals surface area contributed by atoms with Gasteiger partial charge in [0.2, 0.25) is 10.0 Å².